The summed E-state index contributed by atoms with van der Waals surface area (Å²) in [7, 11) is 0. The molecule has 11 heteroatoms. The maximum atomic E-state index is 10.9. The van der Waals surface area contributed by atoms with Crippen molar-refractivity contribution in [1.82, 2.24) is 14.5 Å². The predicted octanol–water partition coefficient (Wildman–Crippen LogP) is 3.92. The number of nitrogens with zero attached hydrogens (tertiary/aromatic N) is 4. The number of nitrogens with one attached hydrogen (secondary N) is 2. The molecule has 0 fully saturated rings. The molecule has 0 aliphatic carbocycles. The highest BCUT2D eigenvalue weighted by molar-refractivity contribution is 5.72. The lowest BCUT2D eigenvalue weighted by molar-refractivity contribution is -0.384. The number of rotatable bonds is 9. The topological polar surface area (TPSA) is 164 Å². The summed E-state index contributed by atoms with van der Waals surface area (Å²) in [5, 5.41) is 37.7. The number of aromatic hydroxyl groups is 2. The third kappa shape index (κ3) is 5.08. The van der Waals surface area contributed by atoms with E-state index in [9.17, 15) is 20.3 Å². The first kappa shape index (κ1) is 23.4. The fraction of sp³-hybridized carbons (Fsp3) is 0.167. The Morgan fingerprint density at radius 2 is 1.51 bits per heavy atom. The van der Waals surface area contributed by atoms with E-state index in [1.807, 2.05) is 24.3 Å². The average Bonchev–Trinajstić information content (AvgIpc) is 3.19. The molecular formula is C24H25N7O4. The second kappa shape index (κ2) is 10.00. The molecule has 0 radical (unpaired) electrons. The van der Waals surface area contributed by atoms with E-state index >= 15 is 0 Å². The van der Waals surface area contributed by atoms with Crippen molar-refractivity contribution in [2.45, 2.75) is 13.3 Å². The monoisotopic (exact) mass is 475 g/mol. The van der Waals surface area contributed by atoms with Gasteiger partial charge in [-0.05, 0) is 30.2 Å². The summed E-state index contributed by atoms with van der Waals surface area (Å²) in [6.45, 7) is 3.00. The van der Waals surface area contributed by atoms with Crippen molar-refractivity contribution in [3.05, 3.63) is 76.3 Å². The molecule has 0 unspecified atom stereocenters. The molecule has 3 heterocycles. The molecule has 0 saturated carbocycles. The first-order chi connectivity index (χ1) is 16.9. The Morgan fingerprint density at radius 1 is 0.914 bits per heavy atom. The van der Waals surface area contributed by atoms with Gasteiger partial charge in [0.2, 0.25) is 5.82 Å². The molecule has 0 amide bonds. The molecule has 1 aromatic carbocycles. The Balaban J connectivity index is 1.52. The first-order valence-electron chi connectivity index (χ1n) is 11.0. The summed E-state index contributed by atoms with van der Waals surface area (Å²) in [4.78, 5) is 19.0. The molecule has 0 bridgehead atoms. The molecule has 0 aliphatic rings. The molecule has 0 aliphatic heterocycles. The fourth-order valence-electron chi connectivity index (χ4n) is 3.61. The van der Waals surface area contributed by atoms with Gasteiger partial charge in [0.1, 0.15) is 11.6 Å². The van der Waals surface area contributed by atoms with Crippen LogP contribution in [0.5, 0.6) is 11.8 Å². The van der Waals surface area contributed by atoms with Gasteiger partial charge >= 0.3 is 5.69 Å². The van der Waals surface area contributed by atoms with Crippen LogP contribution in [0.2, 0.25) is 0 Å². The third-order valence-electron chi connectivity index (χ3n) is 5.43. The Hall–Kier alpha value is -4.80. The van der Waals surface area contributed by atoms with Crippen LogP contribution < -0.4 is 16.4 Å². The molecule has 35 heavy (non-hydrogen) atoms. The first-order valence-corrected chi connectivity index (χ1v) is 11.0. The molecular weight excluding hydrogens is 450 g/mol. The minimum atomic E-state index is -0.580. The highest BCUT2D eigenvalue weighted by Crippen LogP contribution is 2.33. The van der Waals surface area contributed by atoms with E-state index in [4.69, 9.17) is 10.7 Å². The van der Waals surface area contributed by atoms with Gasteiger partial charge in [-0.15, -0.1) is 0 Å². The van der Waals surface area contributed by atoms with Gasteiger partial charge in [0.05, 0.1) is 16.3 Å². The molecule has 0 atom stereocenters. The number of nitro groups is 1. The van der Waals surface area contributed by atoms with Crippen LogP contribution in [-0.4, -0.2) is 42.8 Å². The van der Waals surface area contributed by atoms with Crippen LogP contribution in [0.15, 0.2) is 60.7 Å². The minimum absolute atomic E-state index is 0.101. The summed E-state index contributed by atoms with van der Waals surface area (Å²) >= 11 is 0. The van der Waals surface area contributed by atoms with Crippen molar-refractivity contribution in [3.8, 4) is 28.7 Å². The summed E-state index contributed by atoms with van der Waals surface area (Å²) in [6.07, 6.45) is 0.906. The third-order valence-corrected chi connectivity index (χ3v) is 5.43. The normalized spacial score (nSPS) is 10.8. The van der Waals surface area contributed by atoms with Crippen LogP contribution in [0, 0.1) is 10.1 Å². The lowest BCUT2D eigenvalue weighted by Gasteiger charge is -2.15. The van der Waals surface area contributed by atoms with Crippen molar-refractivity contribution in [2.24, 2.45) is 0 Å². The number of anilines is 3. The van der Waals surface area contributed by atoms with E-state index < -0.39 is 4.92 Å². The molecule has 4 aromatic rings. The largest absolute Gasteiger partial charge is 0.494 e. The summed E-state index contributed by atoms with van der Waals surface area (Å²) in [5.41, 5.74) is 8.51. The van der Waals surface area contributed by atoms with Gasteiger partial charge < -0.3 is 26.6 Å². The van der Waals surface area contributed by atoms with Crippen molar-refractivity contribution in [3.63, 3.8) is 0 Å². The number of aromatic nitrogens is 3. The van der Waals surface area contributed by atoms with Crippen molar-refractivity contribution < 1.29 is 15.1 Å². The standard InChI is InChI=1S/C24H25N7O4/c1-2-15-3-5-16(6-4-15)23-17(30-21(32)11-12-22(30)33)7-9-19(28-23)26-13-14-27-20-10-8-18(31(34)35)24(25)29-20/h3-12,32-33H,2,13-14H2,1H3,(H,26,28)(H3,25,27,29). The van der Waals surface area contributed by atoms with Crippen LogP contribution in [0.3, 0.4) is 0 Å². The zero-order valence-corrected chi connectivity index (χ0v) is 19.0. The van der Waals surface area contributed by atoms with Gasteiger partial charge in [0.25, 0.3) is 0 Å². The number of aryl methyl sites for hydroxylation is 1. The number of hydrogen-bond acceptors (Lipinski definition) is 9. The van der Waals surface area contributed by atoms with Gasteiger partial charge in [-0.1, -0.05) is 31.2 Å². The molecule has 0 saturated heterocycles. The van der Waals surface area contributed by atoms with Crippen molar-refractivity contribution >= 4 is 23.1 Å². The van der Waals surface area contributed by atoms with Crippen LogP contribution in [0.4, 0.5) is 23.1 Å². The Bertz CT molecular complexity index is 1330. The van der Waals surface area contributed by atoms with Gasteiger partial charge in [-0.25, -0.2) is 14.5 Å². The van der Waals surface area contributed by atoms with Gasteiger partial charge in [-0.3, -0.25) is 10.1 Å². The average molecular weight is 476 g/mol. The summed E-state index contributed by atoms with van der Waals surface area (Å²) in [5.74, 6) is 0.660. The SMILES string of the molecule is CCc1ccc(-c2nc(NCCNc3ccc([N+](=O)[O-])c(N)n3)ccc2-n2c(O)ccc2O)cc1. The summed E-state index contributed by atoms with van der Waals surface area (Å²) < 4.78 is 1.33. The van der Waals surface area contributed by atoms with E-state index in [0.717, 1.165) is 12.0 Å². The highest BCUT2D eigenvalue weighted by Gasteiger charge is 2.16. The second-order valence-corrected chi connectivity index (χ2v) is 7.71. The van der Waals surface area contributed by atoms with E-state index in [-0.39, 0.29) is 23.3 Å². The molecule has 3 aromatic heterocycles. The molecule has 0 spiro atoms. The quantitative estimate of drug-likeness (QED) is 0.137. The molecule has 6 N–H and O–H groups in total. The van der Waals surface area contributed by atoms with Gasteiger partial charge in [0, 0.05) is 36.9 Å². The zero-order chi connectivity index (χ0) is 24.9. The second-order valence-electron chi connectivity index (χ2n) is 7.71. The number of nitrogen functional groups attached to an aromatic ring is 1. The van der Waals surface area contributed by atoms with Crippen molar-refractivity contribution in [1.29, 1.82) is 0 Å². The lowest BCUT2D eigenvalue weighted by Crippen LogP contribution is -2.15. The Labute approximate surface area is 201 Å². The number of pyridine rings is 2. The van der Waals surface area contributed by atoms with E-state index in [0.29, 0.717) is 36.1 Å². The van der Waals surface area contributed by atoms with Crippen LogP contribution in [0.1, 0.15) is 12.5 Å². The van der Waals surface area contributed by atoms with E-state index in [1.54, 1.807) is 12.1 Å². The van der Waals surface area contributed by atoms with Gasteiger partial charge in [0.15, 0.2) is 11.8 Å². The number of benzene rings is 1. The van der Waals surface area contributed by atoms with Crippen molar-refractivity contribution in [2.75, 3.05) is 29.5 Å². The fourth-order valence-corrected chi connectivity index (χ4v) is 3.61. The van der Waals surface area contributed by atoms with Crippen LogP contribution >= 0.6 is 0 Å². The van der Waals surface area contributed by atoms with Crippen LogP contribution in [0.25, 0.3) is 16.9 Å². The minimum Gasteiger partial charge on any atom is -0.494 e. The van der Waals surface area contributed by atoms with Gasteiger partial charge in [-0.2, -0.15) is 0 Å². The Morgan fingerprint density at radius 3 is 2.09 bits per heavy atom. The maximum absolute atomic E-state index is 10.9. The smallest absolute Gasteiger partial charge is 0.311 e. The maximum Gasteiger partial charge on any atom is 0.311 e. The Kier molecular flexibility index (Phi) is 6.67. The molecule has 180 valence electrons. The predicted molar refractivity (Wildman–Crippen MR) is 134 cm³/mol. The van der Waals surface area contributed by atoms with Crippen LogP contribution in [-0.2, 0) is 6.42 Å². The number of nitrogens with two attached hydrogens (primary N) is 1. The number of hydrogen-bond donors (Lipinski definition) is 5. The molecule has 11 nitrogen and oxygen atoms in total. The summed E-state index contributed by atoms with van der Waals surface area (Å²) in [6, 6.07) is 17.1. The molecule has 4 rings (SSSR count). The van der Waals surface area contributed by atoms with E-state index in [1.165, 1.54) is 34.4 Å². The van der Waals surface area contributed by atoms with E-state index in [2.05, 4.69) is 22.5 Å². The lowest BCUT2D eigenvalue weighted by atomic mass is 10.1. The zero-order valence-electron chi connectivity index (χ0n) is 19.0. The highest BCUT2D eigenvalue weighted by atomic mass is 16.6.